The van der Waals surface area contributed by atoms with Gasteiger partial charge in [-0.15, -0.1) is 0 Å². The highest BCUT2D eigenvalue weighted by molar-refractivity contribution is 5.80. The van der Waals surface area contributed by atoms with Gasteiger partial charge >= 0.3 is 0 Å². The van der Waals surface area contributed by atoms with E-state index in [4.69, 9.17) is 0 Å². The zero-order chi connectivity index (χ0) is 15.6. The summed E-state index contributed by atoms with van der Waals surface area (Å²) >= 11 is 0. The minimum absolute atomic E-state index is 0.0809. The van der Waals surface area contributed by atoms with Crippen LogP contribution in [0.2, 0.25) is 0 Å². The number of rotatable bonds is 2. The minimum Gasteiger partial charge on any atom is -0.354 e. The van der Waals surface area contributed by atoms with Crippen LogP contribution in [0.1, 0.15) is 38.5 Å². The van der Waals surface area contributed by atoms with E-state index in [-0.39, 0.29) is 30.1 Å². The lowest BCUT2D eigenvalue weighted by Gasteiger charge is -2.41. The van der Waals surface area contributed by atoms with E-state index in [1.54, 1.807) is 0 Å². The molecular weight excluding hydrogens is 295 g/mol. The number of halogens is 1. The first-order valence-electron chi connectivity index (χ1n) is 9.41. The van der Waals surface area contributed by atoms with Crippen molar-refractivity contribution >= 4 is 5.91 Å². The van der Waals surface area contributed by atoms with Gasteiger partial charge in [-0.25, -0.2) is 4.39 Å². The fourth-order valence-electron chi connectivity index (χ4n) is 5.61. The van der Waals surface area contributed by atoms with Crippen molar-refractivity contribution in [2.45, 2.75) is 75.0 Å². The van der Waals surface area contributed by atoms with Crippen LogP contribution < -0.4 is 16.0 Å². The summed E-state index contributed by atoms with van der Waals surface area (Å²) in [6.45, 7) is 1.82. The molecule has 5 rings (SSSR count). The molecule has 5 aliphatic rings. The van der Waals surface area contributed by atoms with Gasteiger partial charge in [0.1, 0.15) is 6.17 Å². The summed E-state index contributed by atoms with van der Waals surface area (Å²) in [5, 5.41) is 10.5. The van der Waals surface area contributed by atoms with Gasteiger partial charge in [0.25, 0.3) is 0 Å². The van der Waals surface area contributed by atoms with Gasteiger partial charge in [-0.1, -0.05) is 0 Å². The molecule has 0 aromatic heterocycles. The molecule has 7 atom stereocenters. The second kappa shape index (κ2) is 5.39. The monoisotopic (exact) mass is 322 g/mol. The van der Waals surface area contributed by atoms with Crippen molar-refractivity contribution in [3.05, 3.63) is 0 Å². The fourth-order valence-corrected chi connectivity index (χ4v) is 5.61. The maximum absolute atomic E-state index is 14.2. The summed E-state index contributed by atoms with van der Waals surface area (Å²) in [5.74, 6) is 0.602. The second-order valence-corrected chi connectivity index (χ2v) is 8.18. The Bertz CT molecular complexity index is 493. The molecule has 0 bridgehead atoms. The number of nitrogens with zero attached hydrogens (tertiary/aromatic N) is 1. The molecule has 5 fully saturated rings. The van der Waals surface area contributed by atoms with Crippen molar-refractivity contribution in [2.24, 2.45) is 11.8 Å². The average molecular weight is 322 g/mol. The van der Waals surface area contributed by atoms with Crippen molar-refractivity contribution in [2.75, 3.05) is 13.1 Å². The molecule has 0 radical (unpaired) electrons. The Hall–Kier alpha value is -0.720. The lowest BCUT2D eigenvalue weighted by molar-refractivity contribution is -0.127. The predicted octanol–water partition coefficient (Wildman–Crippen LogP) is 0.363. The molecule has 23 heavy (non-hydrogen) atoms. The standard InChI is InChI=1S/C17H27FN4O/c18-10-6-11-15-13(7-10)21-16(12-2-1-5-19-12)22(15)14(9-3-4-9)8-20-17(11)23/h9-16,19,21H,1-8H2,(H,20,23). The first-order chi connectivity index (χ1) is 11.2. The van der Waals surface area contributed by atoms with Crippen LogP contribution in [0.5, 0.6) is 0 Å². The van der Waals surface area contributed by atoms with Crippen LogP contribution in [0, 0.1) is 11.8 Å². The topological polar surface area (TPSA) is 56.4 Å². The molecular formula is C17H27FN4O. The van der Waals surface area contributed by atoms with Gasteiger partial charge in [-0.05, 0) is 51.0 Å². The van der Waals surface area contributed by atoms with Crippen LogP contribution in [0.25, 0.3) is 0 Å². The van der Waals surface area contributed by atoms with Gasteiger partial charge in [0, 0.05) is 30.7 Å². The largest absolute Gasteiger partial charge is 0.354 e. The number of hydrogen-bond acceptors (Lipinski definition) is 4. The quantitative estimate of drug-likeness (QED) is 0.687. The SMILES string of the molecule is O=C1NCC(C2CC2)N2C(C3CCCN3)NC3CC(F)CC1C32. The highest BCUT2D eigenvalue weighted by atomic mass is 19.1. The molecule has 3 saturated heterocycles. The van der Waals surface area contributed by atoms with E-state index in [1.807, 2.05) is 0 Å². The molecule has 128 valence electrons. The Kier molecular flexibility index (Phi) is 3.43. The normalized spacial score (nSPS) is 50.5. The molecule has 7 unspecified atom stereocenters. The minimum atomic E-state index is -0.853. The number of amides is 1. The molecule has 3 N–H and O–H groups in total. The second-order valence-electron chi connectivity index (χ2n) is 8.18. The zero-order valence-electron chi connectivity index (χ0n) is 13.5. The van der Waals surface area contributed by atoms with Crippen molar-refractivity contribution < 1.29 is 9.18 Å². The molecule has 0 spiro atoms. The maximum Gasteiger partial charge on any atom is 0.224 e. The number of hydrogen-bond donors (Lipinski definition) is 3. The van der Waals surface area contributed by atoms with Gasteiger partial charge in [0.15, 0.2) is 0 Å². The molecule has 2 aliphatic carbocycles. The van der Waals surface area contributed by atoms with E-state index in [0.29, 0.717) is 30.8 Å². The zero-order valence-corrected chi connectivity index (χ0v) is 13.5. The third kappa shape index (κ3) is 2.33. The van der Waals surface area contributed by atoms with Crippen LogP contribution in [0.4, 0.5) is 4.39 Å². The van der Waals surface area contributed by atoms with Crippen LogP contribution in [-0.4, -0.2) is 60.4 Å². The van der Waals surface area contributed by atoms with Crippen LogP contribution in [0.3, 0.4) is 0 Å². The first kappa shape index (κ1) is 14.6. The molecule has 6 heteroatoms. The van der Waals surface area contributed by atoms with E-state index in [0.717, 1.165) is 13.1 Å². The van der Waals surface area contributed by atoms with Gasteiger partial charge in [-0.3, -0.25) is 15.0 Å². The van der Waals surface area contributed by atoms with Gasteiger partial charge in [0.05, 0.1) is 12.1 Å². The summed E-state index contributed by atoms with van der Waals surface area (Å²) < 4.78 is 14.2. The van der Waals surface area contributed by atoms with E-state index in [9.17, 15) is 9.18 Å². The highest BCUT2D eigenvalue weighted by Crippen LogP contribution is 2.45. The number of carbonyl (C=O) groups excluding carboxylic acids is 1. The van der Waals surface area contributed by atoms with Crippen molar-refractivity contribution in [3.8, 4) is 0 Å². The Morgan fingerprint density at radius 2 is 2.00 bits per heavy atom. The predicted molar refractivity (Wildman–Crippen MR) is 84.5 cm³/mol. The average Bonchev–Trinajstić information content (AvgIpc) is 3.12. The number of nitrogens with one attached hydrogen (secondary N) is 3. The molecule has 1 amide bonds. The van der Waals surface area contributed by atoms with E-state index >= 15 is 0 Å². The van der Waals surface area contributed by atoms with E-state index < -0.39 is 6.17 Å². The Morgan fingerprint density at radius 1 is 1.13 bits per heavy atom. The smallest absolute Gasteiger partial charge is 0.224 e. The van der Waals surface area contributed by atoms with Crippen LogP contribution >= 0.6 is 0 Å². The molecule has 3 heterocycles. The van der Waals surface area contributed by atoms with Crippen molar-refractivity contribution in [3.63, 3.8) is 0 Å². The maximum atomic E-state index is 14.2. The lowest BCUT2D eigenvalue weighted by atomic mass is 9.79. The molecule has 3 aliphatic heterocycles. The summed E-state index contributed by atoms with van der Waals surface area (Å²) in [6, 6.07) is 1.17. The Balaban J connectivity index is 1.52. The lowest BCUT2D eigenvalue weighted by Crippen LogP contribution is -2.57. The molecule has 5 nitrogen and oxygen atoms in total. The first-order valence-corrected chi connectivity index (χ1v) is 9.41. The Morgan fingerprint density at radius 3 is 2.74 bits per heavy atom. The third-order valence-corrected chi connectivity index (χ3v) is 6.75. The summed E-state index contributed by atoms with van der Waals surface area (Å²) in [4.78, 5) is 15.2. The van der Waals surface area contributed by atoms with Crippen LogP contribution in [0.15, 0.2) is 0 Å². The molecule has 2 saturated carbocycles. The number of alkyl halides is 1. The highest BCUT2D eigenvalue weighted by Gasteiger charge is 2.57. The number of carbonyl (C=O) groups is 1. The summed E-state index contributed by atoms with van der Waals surface area (Å²) in [5.41, 5.74) is 0. The summed E-state index contributed by atoms with van der Waals surface area (Å²) in [6.07, 6.45) is 5.31. The Labute approximate surface area is 136 Å². The van der Waals surface area contributed by atoms with Crippen molar-refractivity contribution in [1.82, 2.24) is 20.9 Å². The van der Waals surface area contributed by atoms with Gasteiger partial charge in [0.2, 0.25) is 5.91 Å². The molecule has 0 aromatic carbocycles. The van der Waals surface area contributed by atoms with Gasteiger partial charge < -0.3 is 10.6 Å². The van der Waals surface area contributed by atoms with E-state index in [1.165, 1.54) is 25.7 Å². The van der Waals surface area contributed by atoms with Crippen LogP contribution in [-0.2, 0) is 4.79 Å². The van der Waals surface area contributed by atoms with Gasteiger partial charge in [-0.2, -0.15) is 0 Å². The third-order valence-electron chi connectivity index (χ3n) is 6.75. The summed E-state index contributed by atoms with van der Waals surface area (Å²) in [7, 11) is 0. The fraction of sp³-hybridized carbons (Fsp3) is 0.941. The van der Waals surface area contributed by atoms with Crippen molar-refractivity contribution in [1.29, 1.82) is 0 Å². The molecule has 0 aromatic rings. The van der Waals surface area contributed by atoms with E-state index in [2.05, 4.69) is 20.9 Å².